The van der Waals surface area contributed by atoms with Crippen LogP contribution in [0.5, 0.6) is 0 Å². The molecule has 0 aliphatic rings. The van der Waals surface area contributed by atoms with Crippen molar-refractivity contribution in [3.8, 4) is 0 Å². The third-order valence-corrected chi connectivity index (χ3v) is 4.28. The van der Waals surface area contributed by atoms with Crippen molar-refractivity contribution in [2.75, 3.05) is 12.4 Å². The average Bonchev–Trinajstić information content (AvgIpc) is 2.82. The van der Waals surface area contributed by atoms with Gasteiger partial charge >= 0.3 is 0 Å². The zero-order valence-corrected chi connectivity index (χ0v) is 11.6. The first kappa shape index (κ1) is 13.6. The van der Waals surface area contributed by atoms with Crippen LogP contribution in [-0.4, -0.2) is 15.5 Å². The first-order chi connectivity index (χ1) is 9.03. The molecule has 0 saturated heterocycles. The van der Waals surface area contributed by atoms with Crippen LogP contribution in [-0.2, 0) is 16.6 Å². The standard InChI is InChI=1S/C13H16N2O3S/c1-10-7-8-18-13(10)9-15-11-3-5-12(6-4-11)19(16,17)14-2/h3-8,14-15H,9H2,1-2H3. The van der Waals surface area contributed by atoms with Crippen LogP contribution in [0.1, 0.15) is 11.3 Å². The van der Waals surface area contributed by atoms with E-state index in [0.717, 1.165) is 17.0 Å². The minimum absolute atomic E-state index is 0.245. The van der Waals surface area contributed by atoms with Crippen molar-refractivity contribution in [2.24, 2.45) is 0 Å². The molecule has 2 aromatic rings. The first-order valence-corrected chi connectivity index (χ1v) is 7.32. The molecule has 0 unspecified atom stereocenters. The van der Waals surface area contributed by atoms with E-state index in [9.17, 15) is 8.42 Å². The van der Waals surface area contributed by atoms with Gasteiger partial charge in [0.1, 0.15) is 5.76 Å². The summed E-state index contributed by atoms with van der Waals surface area (Å²) in [5.74, 6) is 0.868. The lowest BCUT2D eigenvalue weighted by Gasteiger charge is -2.07. The lowest BCUT2D eigenvalue weighted by molar-refractivity contribution is 0.515. The summed E-state index contributed by atoms with van der Waals surface area (Å²) in [6.45, 7) is 2.54. The number of anilines is 1. The molecule has 0 amide bonds. The molecule has 1 heterocycles. The first-order valence-electron chi connectivity index (χ1n) is 5.83. The van der Waals surface area contributed by atoms with Crippen molar-refractivity contribution in [3.05, 3.63) is 47.9 Å². The molecule has 19 heavy (non-hydrogen) atoms. The number of furan rings is 1. The van der Waals surface area contributed by atoms with E-state index < -0.39 is 10.0 Å². The van der Waals surface area contributed by atoms with Gasteiger partial charge < -0.3 is 9.73 Å². The highest BCUT2D eigenvalue weighted by Gasteiger charge is 2.10. The molecule has 0 bridgehead atoms. The van der Waals surface area contributed by atoms with Gasteiger partial charge in [-0.05, 0) is 49.9 Å². The van der Waals surface area contributed by atoms with E-state index in [-0.39, 0.29) is 4.90 Å². The van der Waals surface area contributed by atoms with E-state index in [1.165, 1.54) is 7.05 Å². The summed E-state index contributed by atoms with van der Waals surface area (Å²) in [4.78, 5) is 0.245. The van der Waals surface area contributed by atoms with Crippen molar-refractivity contribution in [2.45, 2.75) is 18.4 Å². The maximum absolute atomic E-state index is 11.6. The summed E-state index contributed by atoms with van der Waals surface area (Å²) >= 11 is 0. The largest absolute Gasteiger partial charge is 0.467 e. The summed E-state index contributed by atoms with van der Waals surface area (Å²) in [5.41, 5.74) is 1.92. The summed E-state index contributed by atoms with van der Waals surface area (Å²) in [6.07, 6.45) is 1.65. The highest BCUT2D eigenvalue weighted by atomic mass is 32.2. The SMILES string of the molecule is CNS(=O)(=O)c1ccc(NCc2occc2C)cc1. The maximum Gasteiger partial charge on any atom is 0.240 e. The quantitative estimate of drug-likeness (QED) is 0.880. The lowest BCUT2D eigenvalue weighted by Crippen LogP contribution is -2.18. The number of benzene rings is 1. The van der Waals surface area contributed by atoms with Crippen LogP contribution in [0.3, 0.4) is 0 Å². The summed E-state index contributed by atoms with van der Waals surface area (Å²) in [7, 11) is -1.99. The molecular formula is C13H16N2O3S. The van der Waals surface area contributed by atoms with Gasteiger partial charge in [0.2, 0.25) is 10.0 Å². The summed E-state index contributed by atoms with van der Waals surface area (Å²) in [6, 6.07) is 8.47. The zero-order valence-electron chi connectivity index (χ0n) is 10.8. The number of nitrogens with one attached hydrogen (secondary N) is 2. The van der Waals surface area contributed by atoms with E-state index >= 15 is 0 Å². The molecule has 1 aromatic heterocycles. The van der Waals surface area contributed by atoms with Gasteiger partial charge in [0, 0.05) is 5.69 Å². The molecular weight excluding hydrogens is 264 g/mol. The fourth-order valence-corrected chi connectivity index (χ4v) is 2.37. The van der Waals surface area contributed by atoms with E-state index in [4.69, 9.17) is 4.42 Å². The molecule has 0 aliphatic carbocycles. The van der Waals surface area contributed by atoms with Gasteiger partial charge in [-0.25, -0.2) is 13.1 Å². The number of hydrogen-bond acceptors (Lipinski definition) is 4. The van der Waals surface area contributed by atoms with E-state index in [1.54, 1.807) is 30.5 Å². The van der Waals surface area contributed by atoms with Crippen LogP contribution in [0.2, 0.25) is 0 Å². The Balaban J connectivity index is 2.06. The smallest absolute Gasteiger partial charge is 0.240 e. The van der Waals surface area contributed by atoms with Crippen LogP contribution in [0.4, 0.5) is 5.69 Å². The minimum atomic E-state index is -3.38. The highest BCUT2D eigenvalue weighted by molar-refractivity contribution is 7.89. The van der Waals surface area contributed by atoms with Crippen LogP contribution >= 0.6 is 0 Å². The van der Waals surface area contributed by atoms with Crippen molar-refractivity contribution < 1.29 is 12.8 Å². The van der Waals surface area contributed by atoms with Crippen molar-refractivity contribution in [1.82, 2.24) is 4.72 Å². The topological polar surface area (TPSA) is 71.3 Å². The normalized spacial score (nSPS) is 11.5. The Kier molecular flexibility index (Phi) is 3.92. The number of aryl methyl sites for hydroxylation is 1. The van der Waals surface area contributed by atoms with Gasteiger partial charge in [0.15, 0.2) is 0 Å². The monoisotopic (exact) mass is 280 g/mol. The molecule has 6 heteroatoms. The lowest BCUT2D eigenvalue weighted by atomic mass is 10.2. The molecule has 0 aliphatic heterocycles. The van der Waals surface area contributed by atoms with Gasteiger partial charge in [0.05, 0.1) is 17.7 Å². The van der Waals surface area contributed by atoms with E-state index in [1.807, 2.05) is 13.0 Å². The van der Waals surface area contributed by atoms with E-state index in [0.29, 0.717) is 6.54 Å². The van der Waals surface area contributed by atoms with Crippen LogP contribution in [0.25, 0.3) is 0 Å². The van der Waals surface area contributed by atoms with Gasteiger partial charge in [-0.1, -0.05) is 0 Å². The molecule has 2 rings (SSSR count). The molecule has 5 nitrogen and oxygen atoms in total. The Bertz CT molecular complexity index is 645. The highest BCUT2D eigenvalue weighted by Crippen LogP contribution is 2.16. The third kappa shape index (κ3) is 3.15. The fourth-order valence-electron chi connectivity index (χ4n) is 1.64. The average molecular weight is 280 g/mol. The number of hydrogen-bond donors (Lipinski definition) is 2. The maximum atomic E-state index is 11.6. The zero-order chi connectivity index (χ0) is 13.9. The Hall–Kier alpha value is -1.79. The predicted molar refractivity (Wildman–Crippen MR) is 73.5 cm³/mol. The molecule has 1 aromatic carbocycles. The van der Waals surface area contributed by atoms with Crippen LogP contribution in [0, 0.1) is 6.92 Å². The molecule has 0 radical (unpaired) electrons. The minimum Gasteiger partial charge on any atom is -0.467 e. The third-order valence-electron chi connectivity index (χ3n) is 2.85. The second-order valence-corrected chi connectivity index (χ2v) is 6.00. The molecule has 0 atom stereocenters. The summed E-state index contributed by atoms with van der Waals surface area (Å²) < 4.78 is 30.7. The van der Waals surface area contributed by atoms with Gasteiger partial charge in [0.25, 0.3) is 0 Å². The van der Waals surface area contributed by atoms with Crippen LogP contribution in [0.15, 0.2) is 45.9 Å². The number of sulfonamides is 1. The van der Waals surface area contributed by atoms with Gasteiger partial charge in [-0.3, -0.25) is 0 Å². The molecule has 2 N–H and O–H groups in total. The van der Waals surface area contributed by atoms with Crippen molar-refractivity contribution in [1.29, 1.82) is 0 Å². The molecule has 0 spiro atoms. The van der Waals surface area contributed by atoms with Gasteiger partial charge in [-0.2, -0.15) is 0 Å². The molecule has 0 saturated carbocycles. The van der Waals surface area contributed by atoms with E-state index in [2.05, 4.69) is 10.0 Å². The fraction of sp³-hybridized carbons (Fsp3) is 0.231. The van der Waals surface area contributed by atoms with Crippen molar-refractivity contribution in [3.63, 3.8) is 0 Å². The second-order valence-electron chi connectivity index (χ2n) is 4.11. The van der Waals surface area contributed by atoms with Crippen LogP contribution < -0.4 is 10.0 Å². The Morgan fingerprint density at radius 2 is 1.84 bits per heavy atom. The number of rotatable bonds is 5. The second kappa shape index (κ2) is 5.46. The Morgan fingerprint density at radius 3 is 2.37 bits per heavy atom. The van der Waals surface area contributed by atoms with Crippen molar-refractivity contribution >= 4 is 15.7 Å². The predicted octanol–water partition coefficient (Wildman–Crippen LogP) is 2.11. The molecule has 102 valence electrons. The van der Waals surface area contributed by atoms with Gasteiger partial charge in [-0.15, -0.1) is 0 Å². The Morgan fingerprint density at radius 1 is 1.16 bits per heavy atom. The summed E-state index contributed by atoms with van der Waals surface area (Å²) in [5, 5.41) is 3.18. The Labute approximate surface area is 112 Å². The molecule has 0 fully saturated rings.